The summed E-state index contributed by atoms with van der Waals surface area (Å²) >= 11 is 9.18. The predicted molar refractivity (Wildman–Crippen MR) is 67.4 cm³/mol. The van der Waals surface area contributed by atoms with E-state index in [0.717, 1.165) is 15.9 Å². The minimum Gasteiger partial charge on any atom is -0.452 e. The third kappa shape index (κ3) is 2.30. The number of carbonyl (C=O) groups excluding carboxylic acids is 1. The van der Waals surface area contributed by atoms with Crippen molar-refractivity contribution in [2.24, 2.45) is 7.05 Å². The average Bonchev–Trinajstić information content (AvgIpc) is 2.78. The molecule has 0 bridgehead atoms. The number of aryl methyl sites for hydroxylation is 2. The lowest BCUT2D eigenvalue weighted by Crippen LogP contribution is -2.08. The van der Waals surface area contributed by atoms with Crippen molar-refractivity contribution in [2.45, 2.75) is 13.3 Å². The van der Waals surface area contributed by atoms with Crippen molar-refractivity contribution in [1.82, 2.24) is 9.78 Å². The van der Waals surface area contributed by atoms with Crippen LogP contribution in [-0.2, 0) is 13.5 Å². The summed E-state index contributed by atoms with van der Waals surface area (Å²) in [6.07, 6.45) is 1.64. The van der Waals surface area contributed by atoms with Crippen LogP contribution in [0.2, 0.25) is 5.22 Å². The van der Waals surface area contributed by atoms with Crippen LogP contribution in [0.5, 0.6) is 0 Å². The van der Waals surface area contributed by atoms with Gasteiger partial charge < -0.3 is 4.42 Å². The number of hydrogen-bond donors (Lipinski definition) is 0. The van der Waals surface area contributed by atoms with Gasteiger partial charge in [0.05, 0.1) is 34.1 Å². The van der Waals surface area contributed by atoms with E-state index in [4.69, 9.17) is 16.0 Å². The first-order valence-electron chi connectivity index (χ1n) is 4.95. The lowest BCUT2D eigenvalue weighted by Gasteiger charge is -2.01. The van der Waals surface area contributed by atoms with Crippen LogP contribution in [0.25, 0.3) is 0 Å². The maximum absolute atomic E-state index is 12.0. The van der Waals surface area contributed by atoms with Crippen molar-refractivity contribution in [3.63, 3.8) is 0 Å². The molecule has 0 aliphatic heterocycles. The normalized spacial score (nSPS) is 10.8. The highest BCUT2D eigenvalue weighted by Crippen LogP contribution is 2.24. The number of furan rings is 1. The Hall–Kier alpha value is -1.07. The van der Waals surface area contributed by atoms with Crippen LogP contribution in [0, 0.1) is 6.92 Å². The quantitative estimate of drug-likeness (QED) is 0.817. The van der Waals surface area contributed by atoms with Crippen LogP contribution in [-0.4, -0.2) is 15.6 Å². The van der Waals surface area contributed by atoms with Gasteiger partial charge in [0, 0.05) is 7.05 Å². The molecule has 0 N–H and O–H groups in total. The Kier molecular flexibility index (Phi) is 3.40. The van der Waals surface area contributed by atoms with Gasteiger partial charge in [-0.25, -0.2) is 0 Å². The van der Waals surface area contributed by atoms with E-state index in [9.17, 15) is 4.79 Å². The molecule has 0 unspecified atom stereocenters. The van der Waals surface area contributed by atoms with Crippen molar-refractivity contribution in [1.29, 1.82) is 0 Å². The first kappa shape index (κ1) is 12.4. The van der Waals surface area contributed by atoms with Crippen LogP contribution in [0.15, 0.2) is 21.2 Å². The highest BCUT2D eigenvalue weighted by Gasteiger charge is 2.18. The van der Waals surface area contributed by atoms with Crippen LogP contribution in [0.1, 0.15) is 21.7 Å². The topological polar surface area (TPSA) is 48.0 Å². The van der Waals surface area contributed by atoms with Crippen LogP contribution < -0.4 is 0 Å². The van der Waals surface area contributed by atoms with Crippen molar-refractivity contribution in [2.75, 3.05) is 0 Å². The van der Waals surface area contributed by atoms with Gasteiger partial charge in [0.25, 0.3) is 0 Å². The predicted octanol–water partition coefficient (Wildman–Crippen LogP) is 3.16. The maximum Gasteiger partial charge on any atom is 0.203 e. The van der Waals surface area contributed by atoms with Crippen molar-refractivity contribution < 1.29 is 9.21 Å². The molecule has 2 heterocycles. The Morgan fingerprint density at radius 3 is 2.82 bits per heavy atom. The van der Waals surface area contributed by atoms with E-state index in [0.29, 0.717) is 5.56 Å². The fourth-order valence-electron chi connectivity index (χ4n) is 1.61. The second-order valence-corrected chi connectivity index (χ2v) is 4.81. The summed E-state index contributed by atoms with van der Waals surface area (Å²) in [4.78, 5) is 12.0. The van der Waals surface area contributed by atoms with Crippen LogP contribution >= 0.6 is 27.5 Å². The molecule has 0 aliphatic rings. The summed E-state index contributed by atoms with van der Waals surface area (Å²) in [6, 6.07) is 1.57. The minimum atomic E-state index is -0.0903. The zero-order valence-corrected chi connectivity index (χ0v) is 11.7. The molecule has 4 nitrogen and oxygen atoms in total. The second-order valence-electron chi connectivity index (χ2n) is 3.68. The second kappa shape index (κ2) is 4.66. The number of Topliss-reactive ketones (excluding diaryl/α,β-unsaturated/α-hetero) is 1. The number of aromatic nitrogens is 2. The largest absolute Gasteiger partial charge is 0.452 e. The van der Waals surface area contributed by atoms with Gasteiger partial charge in [-0.05, 0) is 40.5 Å². The SMILES string of the molecule is Cc1nn(C)c(CC(=O)c2ccoc2Cl)c1Br. The Balaban J connectivity index is 2.28. The van der Waals surface area contributed by atoms with E-state index in [2.05, 4.69) is 21.0 Å². The molecule has 0 aromatic carbocycles. The molecular weight excluding hydrogens is 307 g/mol. The average molecular weight is 318 g/mol. The number of carbonyl (C=O) groups is 1. The molecule has 0 amide bonds. The Morgan fingerprint density at radius 2 is 2.35 bits per heavy atom. The summed E-state index contributed by atoms with van der Waals surface area (Å²) in [5.74, 6) is -0.0903. The van der Waals surface area contributed by atoms with Crippen LogP contribution in [0.4, 0.5) is 0 Å². The summed E-state index contributed by atoms with van der Waals surface area (Å²) < 4.78 is 7.44. The van der Waals surface area contributed by atoms with Crippen molar-refractivity contribution in [3.8, 4) is 0 Å². The smallest absolute Gasteiger partial charge is 0.203 e. The number of hydrogen-bond acceptors (Lipinski definition) is 3. The Bertz CT molecular complexity index is 574. The zero-order valence-electron chi connectivity index (χ0n) is 9.33. The number of ketones is 1. The summed E-state index contributed by atoms with van der Waals surface area (Å²) in [7, 11) is 1.80. The minimum absolute atomic E-state index is 0.0903. The van der Waals surface area contributed by atoms with E-state index in [1.54, 1.807) is 17.8 Å². The summed E-state index contributed by atoms with van der Waals surface area (Å²) in [5, 5.41) is 4.36. The van der Waals surface area contributed by atoms with E-state index < -0.39 is 0 Å². The molecule has 0 radical (unpaired) electrons. The van der Waals surface area contributed by atoms with Crippen LogP contribution in [0.3, 0.4) is 0 Å². The van der Waals surface area contributed by atoms with E-state index >= 15 is 0 Å². The molecule has 0 aliphatic carbocycles. The van der Waals surface area contributed by atoms with Gasteiger partial charge in [-0.1, -0.05) is 0 Å². The standard InChI is InChI=1S/C11H10BrClN2O2/c1-6-10(12)8(15(2)14-6)5-9(16)7-3-4-17-11(7)13/h3-4H,5H2,1-2H3. The molecule has 0 spiro atoms. The molecule has 0 saturated heterocycles. The summed E-state index contributed by atoms with van der Waals surface area (Å²) in [6.45, 7) is 1.88. The van der Waals surface area contributed by atoms with Gasteiger partial charge in [0.15, 0.2) is 5.78 Å². The van der Waals surface area contributed by atoms with E-state index in [-0.39, 0.29) is 17.4 Å². The van der Waals surface area contributed by atoms with Gasteiger partial charge >= 0.3 is 0 Å². The lowest BCUT2D eigenvalue weighted by molar-refractivity contribution is 0.0990. The van der Waals surface area contributed by atoms with Gasteiger partial charge in [-0.2, -0.15) is 5.10 Å². The number of nitrogens with zero attached hydrogens (tertiary/aromatic N) is 2. The molecule has 6 heteroatoms. The number of halogens is 2. The van der Waals surface area contributed by atoms with Crippen molar-refractivity contribution >= 4 is 33.3 Å². The van der Waals surface area contributed by atoms with Gasteiger partial charge in [-0.3, -0.25) is 9.48 Å². The molecule has 90 valence electrons. The fraction of sp³-hybridized carbons (Fsp3) is 0.273. The monoisotopic (exact) mass is 316 g/mol. The third-order valence-electron chi connectivity index (χ3n) is 2.51. The first-order chi connectivity index (χ1) is 8.00. The van der Waals surface area contributed by atoms with Crippen molar-refractivity contribution in [3.05, 3.63) is 39.0 Å². The summed E-state index contributed by atoms with van der Waals surface area (Å²) in [5.41, 5.74) is 2.08. The molecule has 0 atom stereocenters. The Morgan fingerprint density at radius 1 is 1.65 bits per heavy atom. The Labute approximate surface area is 112 Å². The molecule has 0 saturated carbocycles. The fourth-order valence-corrected chi connectivity index (χ4v) is 2.31. The lowest BCUT2D eigenvalue weighted by atomic mass is 10.1. The maximum atomic E-state index is 12.0. The number of rotatable bonds is 3. The molecule has 17 heavy (non-hydrogen) atoms. The van der Waals surface area contributed by atoms with Gasteiger partial charge in [-0.15, -0.1) is 0 Å². The first-order valence-corrected chi connectivity index (χ1v) is 6.12. The van der Waals surface area contributed by atoms with E-state index in [1.165, 1.54) is 6.26 Å². The molecule has 2 rings (SSSR count). The van der Waals surface area contributed by atoms with Gasteiger partial charge in [0.1, 0.15) is 0 Å². The highest BCUT2D eigenvalue weighted by atomic mass is 79.9. The highest BCUT2D eigenvalue weighted by molar-refractivity contribution is 9.10. The van der Waals surface area contributed by atoms with Gasteiger partial charge in [0.2, 0.25) is 5.22 Å². The molecule has 2 aromatic heterocycles. The zero-order chi connectivity index (χ0) is 12.6. The molecule has 0 fully saturated rings. The third-order valence-corrected chi connectivity index (χ3v) is 3.83. The van der Waals surface area contributed by atoms with E-state index in [1.807, 2.05) is 6.92 Å². The molecular formula is C11H10BrClN2O2. The molecule has 2 aromatic rings.